The maximum atomic E-state index is 13.1. The van der Waals surface area contributed by atoms with Crippen molar-refractivity contribution in [3.05, 3.63) is 24.3 Å². The zero-order valence-electron chi connectivity index (χ0n) is 60.1. The van der Waals surface area contributed by atoms with Crippen LogP contribution >= 0.6 is 0 Å². The van der Waals surface area contributed by atoms with Crippen molar-refractivity contribution in [3.63, 3.8) is 0 Å². The SMILES string of the molecule is CCCCCC/C=C\CCCCCCCC(=O)OCCCCCCCCCCCCCCCCCCCCCCCCCCCCCCCCCCCCCCCCCC(=O)NC(COC1OC(CO)C(O)C(O)C1O)C(O)/C=C/CCCCCCCCCCC. The Morgan fingerprint density at radius 3 is 1.07 bits per heavy atom. The van der Waals surface area contributed by atoms with Gasteiger partial charge in [0.1, 0.15) is 24.4 Å². The number of hydrogen-bond donors (Lipinski definition) is 6. The second-order valence-electron chi connectivity index (χ2n) is 28.1. The minimum Gasteiger partial charge on any atom is -0.466 e. The van der Waals surface area contributed by atoms with Crippen molar-refractivity contribution in [1.29, 1.82) is 0 Å². The normalized spacial score (nSPS) is 17.6. The van der Waals surface area contributed by atoms with Crippen molar-refractivity contribution in [2.45, 2.75) is 455 Å². The lowest BCUT2D eigenvalue weighted by Crippen LogP contribution is -2.60. The Bertz CT molecular complexity index is 1560. The van der Waals surface area contributed by atoms with Crippen molar-refractivity contribution < 1.29 is 49.3 Å². The molecule has 0 aromatic heterocycles. The lowest BCUT2D eigenvalue weighted by atomic mass is 9.99. The molecule has 91 heavy (non-hydrogen) atoms. The van der Waals surface area contributed by atoms with Crippen LogP contribution in [0.1, 0.15) is 412 Å². The van der Waals surface area contributed by atoms with Crippen LogP contribution in [0.2, 0.25) is 0 Å². The first-order chi connectivity index (χ1) is 44.7. The quantitative estimate of drug-likeness (QED) is 0.0195. The second kappa shape index (κ2) is 69.5. The zero-order chi connectivity index (χ0) is 65.8. The molecule has 1 fully saturated rings. The van der Waals surface area contributed by atoms with E-state index in [0.29, 0.717) is 19.4 Å². The molecule has 0 aromatic rings. The number of nitrogens with one attached hydrogen (secondary N) is 1. The third-order valence-corrected chi connectivity index (χ3v) is 19.3. The first-order valence-corrected chi connectivity index (χ1v) is 40.1. The highest BCUT2D eigenvalue weighted by molar-refractivity contribution is 5.76. The molecule has 0 radical (unpaired) electrons. The molecule has 0 aromatic carbocycles. The topological polar surface area (TPSA) is 175 Å². The highest BCUT2D eigenvalue weighted by Crippen LogP contribution is 2.24. The van der Waals surface area contributed by atoms with E-state index >= 15 is 0 Å². The molecule has 1 amide bonds. The van der Waals surface area contributed by atoms with Gasteiger partial charge in [-0.15, -0.1) is 0 Å². The number of ether oxygens (including phenoxy) is 3. The van der Waals surface area contributed by atoms with E-state index in [1.807, 2.05) is 6.08 Å². The van der Waals surface area contributed by atoms with Crippen LogP contribution in [0.25, 0.3) is 0 Å². The van der Waals surface area contributed by atoms with E-state index in [1.165, 1.54) is 327 Å². The fraction of sp³-hybridized carbons (Fsp3) is 0.925. The fourth-order valence-corrected chi connectivity index (χ4v) is 13.0. The maximum absolute atomic E-state index is 13.1. The van der Waals surface area contributed by atoms with Gasteiger partial charge in [-0.2, -0.15) is 0 Å². The lowest BCUT2D eigenvalue weighted by molar-refractivity contribution is -0.302. The third-order valence-electron chi connectivity index (χ3n) is 19.3. The molecule has 0 saturated carbocycles. The van der Waals surface area contributed by atoms with E-state index in [4.69, 9.17) is 14.2 Å². The number of aliphatic hydroxyl groups is 5. The predicted molar refractivity (Wildman–Crippen MR) is 384 cm³/mol. The lowest BCUT2D eigenvalue weighted by Gasteiger charge is -2.40. The summed E-state index contributed by atoms with van der Waals surface area (Å²) in [5, 5.41) is 54.5. The van der Waals surface area contributed by atoms with E-state index < -0.39 is 49.5 Å². The largest absolute Gasteiger partial charge is 0.466 e. The van der Waals surface area contributed by atoms with Crippen molar-refractivity contribution in [2.24, 2.45) is 0 Å². The average molecular weight is 1290 g/mol. The average Bonchev–Trinajstić information content (AvgIpc) is 1.26. The summed E-state index contributed by atoms with van der Waals surface area (Å²) in [6, 6.07) is -0.804. The Morgan fingerprint density at radius 2 is 0.703 bits per heavy atom. The van der Waals surface area contributed by atoms with Crippen LogP contribution in [-0.2, 0) is 23.8 Å². The molecule has 7 atom stereocenters. The Balaban J connectivity index is 1.85. The molecule has 1 aliphatic rings. The number of esters is 1. The molecule has 0 bridgehead atoms. The molecule has 7 unspecified atom stereocenters. The third kappa shape index (κ3) is 58.1. The first-order valence-electron chi connectivity index (χ1n) is 40.1. The number of carbonyl (C=O) groups excluding carboxylic acids is 2. The minimum atomic E-state index is -1.57. The van der Waals surface area contributed by atoms with E-state index in [9.17, 15) is 35.1 Å². The number of amides is 1. The molecule has 1 rings (SSSR count). The Kier molecular flexibility index (Phi) is 66.6. The van der Waals surface area contributed by atoms with Crippen LogP contribution < -0.4 is 5.32 Å². The van der Waals surface area contributed by atoms with Gasteiger partial charge in [0.2, 0.25) is 5.91 Å². The monoisotopic (exact) mass is 1290 g/mol. The number of unbranched alkanes of at least 4 members (excludes halogenated alkanes) is 56. The van der Waals surface area contributed by atoms with E-state index in [2.05, 4.69) is 31.3 Å². The highest BCUT2D eigenvalue weighted by atomic mass is 16.7. The summed E-state index contributed by atoms with van der Waals surface area (Å²) < 4.78 is 16.8. The highest BCUT2D eigenvalue weighted by Gasteiger charge is 2.44. The summed E-state index contributed by atoms with van der Waals surface area (Å²) in [4.78, 5) is 25.1. The number of rotatable bonds is 72. The molecule has 1 saturated heterocycles. The summed E-state index contributed by atoms with van der Waals surface area (Å²) in [6.07, 6.45) is 79.4. The predicted octanol–water partition coefficient (Wildman–Crippen LogP) is 21.5. The molecular weight excluding hydrogens is 1130 g/mol. The number of hydrogen-bond acceptors (Lipinski definition) is 10. The molecule has 11 heteroatoms. The van der Waals surface area contributed by atoms with E-state index in [1.54, 1.807) is 6.08 Å². The van der Waals surface area contributed by atoms with Gasteiger partial charge in [-0.05, 0) is 57.8 Å². The van der Waals surface area contributed by atoms with Crippen molar-refractivity contribution in [1.82, 2.24) is 5.32 Å². The summed E-state index contributed by atoms with van der Waals surface area (Å²) in [5.41, 5.74) is 0. The Hall–Kier alpha value is -1.86. The van der Waals surface area contributed by atoms with Crippen LogP contribution in [-0.4, -0.2) is 100 Å². The van der Waals surface area contributed by atoms with Crippen LogP contribution in [0.3, 0.4) is 0 Å². The Labute approximate surface area is 562 Å². The second-order valence-corrected chi connectivity index (χ2v) is 28.1. The van der Waals surface area contributed by atoms with Crippen molar-refractivity contribution in [2.75, 3.05) is 19.8 Å². The molecule has 0 spiro atoms. The minimum absolute atomic E-state index is 0.00973. The van der Waals surface area contributed by atoms with Gasteiger partial charge in [0.05, 0.1) is 32.0 Å². The van der Waals surface area contributed by atoms with Crippen molar-refractivity contribution >= 4 is 11.9 Å². The van der Waals surface area contributed by atoms with Gasteiger partial charge in [0.15, 0.2) is 6.29 Å². The number of allylic oxidation sites excluding steroid dienone is 3. The standard InChI is InChI=1S/C80H153NO10/c1-3-5-7-9-11-13-15-43-48-52-56-60-64-68-76(85)89-69-65-61-57-53-49-45-42-40-38-36-34-32-30-28-26-24-22-20-18-16-17-19-21-23-25-27-29-31-33-35-37-39-41-44-47-51-55-59-63-67-75(84)81-72(71-90-80-79(88)78(87)77(86)74(70-82)91-80)73(83)66-62-58-54-50-46-14-12-10-8-6-4-2/h13,15,62,66,72-74,77-80,82-83,86-88H,3-12,14,16-61,63-65,67-71H2,1-2H3,(H,81,84)/b15-13-,66-62+. The molecule has 6 N–H and O–H groups in total. The molecule has 11 nitrogen and oxygen atoms in total. The Morgan fingerprint density at radius 1 is 0.396 bits per heavy atom. The fourth-order valence-electron chi connectivity index (χ4n) is 13.0. The zero-order valence-corrected chi connectivity index (χ0v) is 60.1. The van der Waals surface area contributed by atoms with Gasteiger partial charge in [-0.3, -0.25) is 9.59 Å². The first kappa shape index (κ1) is 87.2. The van der Waals surface area contributed by atoms with Gasteiger partial charge in [-0.25, -0.2) is 0 Å². The van der Waals surface area contributed by atoms with Crippen LogP contribution in [0, 0.1) is 0 Å². The molecule has 1 heterocycles. The van der Waals surface area contributed by atoms with E-state index in [0.717, 1.165) is 57.8 Å². The van der Waals surface area contributed by atoms with Gasteiger partial charge >= 0.3 is 5.97 Å². The summed E-state index contributed by atoms with van der Waals surface area (Å²) in [5.74, 6) is -0.164. The van der Waals surface area contributed by atoms with Gasteiger partial charge in [0.25, 0.3) is 0 Å². The van der Waals surface area contributed by atoms with Crippen LogP contribution in [0.4, 0.5) is 0 Å². The maximum Gasteiger partial charge on any atom is 0.305 e. The summed E-state index contributed by atoms with van der Waals surface area (Å²) in [6.45, 7) is 4.37. The van der Waals surface area contributed by atoms with Gasteiger partial charge < -0.3 is 45.1 Å². The van der Waals surface area contributed by atoms with Crippen molar-refractivity contribution in [3.8, 4) is 0 Å². The smallest absolute Gasteiger partial charge is 0.305 e. The molecule has 538 valence electrons. The molecule has 1 aliphatic heterocycles. The van der Waals surface area contributed by atoms with Crippen LogP contribution in [0.5, 0.6) is 0 Å². The molecule has 0 aliphatic carbocycles. The molecular formula is C80H153NO10. The summed E-state index contributed by atoms with van der Waals surface area (Å²) in [7, 11) is 0. The van der Waals surface area contributed by atoms with Crippen LogP contribution in [0.15, 0.2) is 24.3 Å². The number of carbonyl (C=O) groups is 2. The summed E-state index contributed by atoms with van der Waals surface area (Å²) >= 11 is 0. The number of aliphatic hydroxyl groups excluding tert-OH is 5. The van der Waals surface area contributed by atoms with E-state index in [-0.39, 0.29) is 18.5 Å². The van der Waals surface area contributed by atoms with Gasteiger partial charge in [-0.1, -0.05) is 366 Å². The van der Waals surface area contributed by atoms with Gasteiger partial charge in [0, 0.05) is 12.8 Å².